The van der Waals surface area contributed by atoms with Gasteiger partial charge in [0.15, 0.2) is 11.8 Å². The molecule has 1 aliphatic heterocycles. The van der Waals surface area contributed by atoms with Crippen LogP contribution in [-0.4, -0.2) is 45.7 Å². The molecule has 2 aliphatic carbocycles. The Hall–Kier alpha value is -1.07. The largest absolute Gasteiger partial charge is 0.480 e. The van der Waals surface area contributed by atoms with Crippen molar-refractivity contribution in [3.05, 3.63) is 30.6 Å². The molecule has 0 radical (unpaired) electrons. The van der Waals surface area contributed by atoms with Crippen LogP contribution in [-0.2, 0) is 9.59 Å². The van der Waals surface area contributed by atoms with Crippen molar-refractivity contribution in [1.82, 2.24) is 4.90 Å². The number of aliphatic carboxylic acids is 1. The van der Waals surface area contributed by atoms with Crippen LogP contribution in [0.4, 0.5) is 0 Å². The van der Waals surface area contributed by atoms with Crippen LogP contribution in [0, 0.1) is 3.57 Å². The summed E-state index contributed by atoms with van der Waals surface area (Å²) in [7, 11) is 0. The maximum Gasteiger partial charge on any atom is 0.341 e. The van der Waals surface area contributed by atoms with Crippen LogP contribution in [0.3, 0.4) is 0 Å². The smallest absolute Gasteiger partial charge is 0.341 e. The van der Waals surface area contributed by atoms with Gasteiger partial charge in [0.05, 0.1) is 15.4 Å². The van der Waals surface area contributed by atoms with Crippen molar-refractivity contribution in [1.29, 1.82) is 0 Å². The Labute approximate surface area is 220 Å². The van der Waals surface area contributed by atoms with Gasteiger partial charge in [0.25, 0.3) is 5.91 Å². The van der Waals surface area contributed by atoms with Crippen molar-refractivity contribution < 1.29 is 19.4 Å². The lowest BCUT2D eigenvalue weighted by molar-refractivity contribution is -0.139. The minimum absolute atomic E-state index is 0.000581. The van der Waals surface area contributed by atoms with Gasteiger partial charge < -0.3 is 9.84 Å². The van der Waals surface area contributed by atoms with Crippen LogP contribution in [0.15, 0.2) is 26.5 Å². The number of carbonyl (C=O) groups excluding carboxylic acids is 1. The highest BCUT2D eigenvalue weighted by molar-refractivity contribution is 14.1. The van der Waals surface area contributed by atoms with E-state index in [1.165, 1.54) is 37.4 Å². The summed E-state index contributed by atoms with van der Waals surface area (Å²) in [5, 5.41) is 9.90. The summed E-state index contributed by atoms with van der Waals surface area (Å²) in [6.07, 6.45) is 13.2. The Bertz CT molecular complexity index is 971. The Balaban J connectivity index is 1.68. The third-order valence-electron chi connectivity index (χ3n) is 6.31. The number of amidine groups is 1. The number of ether oxygens (including phenoxy) is 1. The zero-order chi connectivity index (χ0) is 23.4. The van der Waals surface area contributed by atoms with E-state index in [9.17, 15) is 9.59 Å². The number of rotatable bonds is 6. The fourth-order valence-electron chi connectivity index (χ4n) is 4.72. The van der Waals surface area contributed by atoms with Crippen LogP contribution < -0.4 is 4.74 Å². The quantitative estimate of drug-likeness (QED) is 0.284. The number of carboxylic acid groups (broad SMARTS) is 1. The average molecular weight is 647 g/mol. The van der Waals surface area contributed by atoms with Gasteiger partial charge >= 0.3 is 5.97 Å². The lowest BCUT2D eigenvalue weighted by Crippen LogP contribution is -2.41. The molecule has 0 spiro atoms. The topological polar surface area (TPSA) is 79.2 Å². The number of hydrogen-bond donors (Lipinski definition) is 1. The van der Waals surface area contributed by atoms with Gasteiger partial charge in [-0.05, 0) is 94.2 Å². The lowest BCUT2D eigenvalue weighted by Gasteiger charge is -2.31. The van der Waals surface area contributed by atoms with Gasteiger partial charge in [-0.3, -0.25) is 14.7 Å². The summed E-state index contributed by atoms with van der Waals surface area (Å²) < 4.78 is 7.19. The molecule has 6 nitrogen and oxygen atoms in total. The molecule has 1 heterocycles. The van der Waals surface area contributed by atoms with E-state index in [4.69, 9.17) is 14.8 Å². The van der Waals surface area contributed by atoms with Crippen molar-refractivity contribution in [3.63, 3.8) is 0 Å². The first-order valence-corrected chi connectivity index (χ1v) is 14.3. The number of carboxylic acids is 1. The first-order chi connectivity index (χ1) is 15.9. The summed E-state index contributed by atoms with van der Waals surface area (Å²) >= 11 is 7.14. The Kier molecular flexibility index (Phi) is 8.78. The summed E-state index contributed by atoms with van der Waals surface area (Å²) in [6.45, 7) is -0.445. The molecule has 0 unspecified atom stereocenters. The van der Waals surface area contributed by atoms with Crippen LogP contribution >= 0.6 is 50.3 Å². The first-order valence-electron chi connectivity index (χ1n) is 11.6. The highest BCUT2D eigenvalue weighted by Crippen LogP contribution is 2.40. The molecular weight excluding hydrogens is 619 g/mol. The second-order valence-electron chi connectivity index (χ2n) is 8.77. The molecule has 1 aromatic carbocycles. The SMILES string of the molecule is O=C(O)COc1c(Br)cc(I)cc1C=C1SC(=NC2CCCCC2)N(C2CCCCC2)C1=O. The summed E-state index contributed by atoms with van der Waals surface area (Å²) in [5.41, 5.74) is 0.688. The molecular formula is C24H28BrIN2O4S. The number of carbonyl (C=O) groups is 2. The molecule has 9 heteroatoms. The predicted octanol–water partition coefficient (Wildman–Crippen LogP) is 6.45. The Morgan fingerprint density at radius 3 is 2.52 bits per heavy atom. The van der Waals surface area contributed by atoms with E-state index in [2.05, 4.69) is 38.5 Å². The van der Waals surface area contributed by atoms with Gasteiger partial charge in [-0.2, -0.15) is 0 Å². The van der Waals surface area contributed by atoms with E-state index in [0.29, 0.717) is 26.7 Å². The van der Waals surface area contributed by atoms with Gasteiger partial charge in [0.2, 0.25) is 0 Å². The Morgan fingerprint density at radius 2 is 1.85 bits per heavy atom. The normalized spacial score (nSPS) is 23.0. The van der Waals surface area contributed by atoms with E-state index in [0.717, 1.165) is 47.3 Å². The van der Waals surface area contributed by atoms with E-state index >= 15 is 0 Å². The van der Waals surface area contributed by atoms with Gasteiger partial charge in [-0.1, -0.05) is 38.5 Å². The van der Waals surface area contributed by atoms with Crippen LogP contribution in [0.2, 0.25) is 0 Å². The fraction of sp³-hybridized carbons (Fsp3) is 0.542. The third-order valence-corrected chi connectivity index (χ3v) is 8.52. The van der Waals surface area contributed by atoms with E-state index in [1.807, 2.05) is 23.1 Å². The molecule has 0 aromatic heterocycles. The highest BCUT2D eigenvalue weighted by Gasteiger charge is 2.39. The minimum atomic E-state index is -1.05. The predicted molar refractivity (Wildman–Crippen MR) is 144 cm³/mol. The van der Waals surface area contributed by atoms with Crippen molar-refractivity contribution in [3.8, 4) is 5.75 Å². The molecule has 1 N–H and O–H groups in total. The molecule has 1 aromatic rings. The van der Waals surface area contributed by atoms with Crippen molar-refractivity contribution >= 4 is 73.4 Å². The van der Waals surface area contributed by atoms with Crippen molar-refractivity contribution in [2.24, 2.45) is 4.99 Å². The zero-order valence-corrected chi connectivity index (χ0v) is 23.0. The number of amides is 1. The molecule has 33 heavy (non-hydrogen) atoms. The number of aliphatic imine (C=N–C) groups is 1. The van der Waals surface area contributed by atoms with E-state index < -0.39 is 12.6 Å². The Morgan fingerprint density at radius 1 is 1.18 bits per heavy atom. The summed E-state index contributed by atoms with van der Waals surface area (Å²) in [5.74, 6) is -0.614. The molecule has 3 fully saturated rings. The monoisotopic (exact) mass is 646 g/mol. The van der Waals surface area contributed by atoms with E-state index in [-0.39, 0.29) is 11.9 Å². The number of hydrogen-bond acceptors (Lipinski definition) is 5. The van der Waals surface area contributed by atoms with Crippen LogP contribution in [0.1, 0.15) is 69.8 Å². The molecule has 1 saturated heterocycles. The van der Waals surface area contributed by atoms with Crippen LogP contribution in [0.5, 0.6) is 5.75 Å². The molecule has 1 amide bonds. The molecule has 4 rings (SSSR count). The number of nitrogens with zero attached hydrogens (tertiary/aromatic N) is 2. The zero-order valence-electron chi connectivity index (χ0n) is 18.4. The lowest BCUT2D eigenvalue weighted by atomic mass is 9.94. The van der Waals surface area contributed by atoms with Gasteiger partial charge in [0, 0.05) is 15.2 Å². The maximum atomic E-state index is 13.6. The second-order valence-corrected chi connectivity index (χ2v) is 11.9. The van der Waals surface area contributed by atoms with Gasteiger partial charge in [-0.25, -0.2) is 4.79 Å². The highest BCUT2D eigenvalue weighted by atomic mass is 127. The molecule has 0 bridgehead atoms. The molecule has 0 atom stereocenters. The first kappa shape index (κ1) is 25.0. The maximum absolute atomic E-state index is 13.6. The average Bonchev–Trinajstić information content (AvgIpc) is 3.08. The number of thioether (sulfide) groups is 1. The van der Waals surface area contributed by atoms with Crippen molar-refractivity contribution in [2.75, 3.05) is 6.61 Å². The minimum Gasteiger partial charge on any atom is -0.480 e. The van der Waals surface area contributed by atoms with Crippen molar-refractivity contribution in [2.45, 2.75) is 76.3 Å². The summed E-state index contributed by atoms with van der Waals surface area (Å²) in [6, 6.07) is 4.27. The van der Waals surface area contributed by atoms with E-state index in [1.54, 1.807) is 0 Å². The van der Waals surface area contributed by atoms with Gasteiger partial charge in [-0.15, -0.1) is 0 Å². The molecule has 2 saturated carbocycles. The second kappa shape index (κ2) is 11.6. The summed E-state index contributed by atoms with van der Waals surface area (Å²) in [4.78, 5) is 32.3. The van der Waals surface area contributed by atoms with Gasteiger partial charge in [0.1, 0.15) is 5.75 Å². The fourth-order valence-corrected chi connectivity index (χ4v) is 7.48. The third kappa shape index (κ3) is 6.33. The molecule has 178 valence electrons. The van der Waals surface area contributed by atoms with Crippen LogP contribution in [0.25, 0.3) is 6.08 Å². The number of halogens is 2. The standard InChI is InChI=1S/C24H28BrIN2O4S/c25-19-13-16(26)11-15(22(19)32-14-21(29)30)12-20-23(31)28(18-9-5-2-6-10-18)24(33-20)27-17-7-3-1-4-8-17/h11-13,17-18H,1-10,14H2,(H,29,30). The number of benzene rings is 1. The molecule has 3 aliphatic rings.